The third-order valence-corrected chi connectivity index (χ3v) is 5.86. The van der Waals surface area contributed by atoms with Crippen LogP contribution < -0.4 is 5.32 Å². The van der Waals surface area contributed by atoms with Crippen molar-refractivity contribution in [2.24, 2.45) is 0 Å². The molecule has 1 aliphatic rings. The molecule has 2 heterocycles. The van der Waals surface area contributed by atoms with Crippen molar-refractivity contribution in [2.75, 3.05) is 19.6 Å². The van der Waals surface area contributed by atoms with Gasteiger partial charge in [-0.05, 0) is 19.1 Å². The molecule has 1 aromatic heterocycles. The summed E-state index contributed by atoms with van der Waals surface area (Å²) in [4.78, 5) is 0.257. The fraction of sp³-hybridized carbons (Fsp3) is 0.455. The number of sulfonamides is 1. The molecule has 1 unspecified atom stereocenters. The van der Waals surface area contributed by atoms with E-state index in [-0.39, 0.29) is 23.3 Å². The van der Waals surface area contributed by atoms with Crippen LogP contribution in [0.2, 0.25) is 0 Å². The number of nitrogens with one attached hydrogen (secondary N) is 1. The van der Waals surface area contributed by atoms with E-state index >= 15 is 0 Å². The Labute approximate surface area is 128 Å². The second kappa shape index (κ2) is 5.90. The number of nitrogens with zero attached hydrogens (tertiary/aromatic N) is 3. The van der Waals surface area contributed by atoms with Gasteiger partial charge in [-0.3, -0.25) is 0 Å². The highest BCUT2D eigenvalue weighted by Gasteiger charge is 2.32. The fourth-order valence-corrected chi connectivity index (χ4v) is 4.68. The molecule has 1 aliphatic heterocycles. The number of halogens is 1. The largest absolute Gasteiger partial charge is 0.314 e. The molecule has 1 fully saturated rings. The summed E-state index contributed by atoms with van der Waals surface area (Å²) in [7, 11) is -3.51. The molecule has 1 N–H and O–H groups in total. The van der Waals surface area contributed by atoms with Crippen LogP contribution in [0.1, 0.15) is 6.92 Å². The summed E-state index contributed by atoms with van der Waals surface area (Å²) in [6.07, 6.45) is 0. The molecule has 1 aromatic carbocycles. The van der Waals surface area contributed by atoms with Crippen molar-refractivity contribution in [3.05, 3.63) is 18.2 Å². The van der Waals surface area contributed by atoms with E-state index < -0.39 is 10.0 Å². The lowest BCUT2D eigenvalue weighted by atomic mass is 10.3. The lowest BCUT2D eigenvalue weighted by Gasteiger charge is -2.32. The van der Waals surface area contributed by atoms with E-state index in [1.54, 1.807) is 18.2 Å². The second-order valence-corrected chi connectivity index (χ2v) is 6.94. The molecule has 0 spiro atoms. The standard InChI is InChI=1S/C11H14N4O2S2.ClH/c1-8-7-12-5-6-15(8)19(16,17)10-4-2-3-9-11(10)14-18-13-9;/h2-4,8,12H,5-7H2,1H3;1H. The van der Waals surface area contributed by atoms with E-state index in [0.717, 1.165) is 11.7 Å². The molecule has 9 heteroatoms. The molecule has 2 aromatic rings. The van der Waals surface area contributed by atoms with Gasteiger partial charge in [0.1, 0.15) is 15.9 Å². The second-order valence-electron chi connectivity index (χ2n) is 4.56. The van der Waals surface area contributed by atoms with E-state index in [1.807, 2.05) is 6.92 Å². The van der Waals surface area contributed by atoms with Crippen molar-refractivity contribution >= 4 is 45.2 Å². The maximum absolute atomic E-state index is 12.7. The summed E-state index contributed by atoms with van der Waals surface area (Å²) < 4.78 is 35.2. The predicted molar refractivity (Wildman–Crippen MR) is 80.9 cm³/mol. The zero-order valence-corrected chi connectivity index (χ0v) is 13.3. The van der Waals surface area contributed by atoms with Crippen LogP contribution in [0.4, 0.5) is 0 Å². The average molecular weight is 335 g/mol. The van der Waals surface area contributed by atoms with Crippen molar-refractivity contribution in [1.29, 1.82) is 0 Å². The molecule has 110 valence electrons. The Balaban J connectivity index is 0.00000147. The van der Waals surface area contributed by atoms with Crippen molar-refractivity contribution in [3.8, 4) is 0 Å². The van der Waals surface area contributed by atoms with Crippen LogP contribution in [0, 0.1) is 0 Å². The van der Waals surface area contributed by atoms with Gasteiger partial charge in [0.25, 0.3) is 0 Å². The Morgan fingerprint density at radius 3 is 2.95 bits per heavy atom. The molecule has 0 amide bonds. The predicted octanol–water partition coefficient (Wildman–Crippen LogP) is 1.10. The third-order valence-electron chi connectivity index (χ3n) is 3.28. The van der Waals surface area contributed by atoms with E-state index in [0.29, 0.717) is 30.7 Å². The minimum atomic E-state index is -3.51. The van der Waals surface area contributed by atoms with Crippen LogP contribution in [0.3, 0.4) is 0 Å². The van der Waals surface area contributed by atoms with Crippen LogP contribution in [0.25, 0.3) is 11.0 Å². The number of piperazine rings is 1. The molecule has 3 rings (SSSR count). The van der Waals surface area contributed by atoms with Gasteiger partial charge in [0.2, 0.25) is 10.0 Å². The highest BCUT2D eigenvalue weighted by Crippen LogP contribution is 2.25. The fourth-order valence-electron chi connectivity index (χ4n) is 2.30. The average Bonchev–Trinajstić information content (AvgIpc) is 2.86. The zero-order chi connectivity index (χ0) is 13.5. The Hall–Kier alpha value is -0.800. The molecule has 20 heavy (non-hydrogen) atoms. The van der Waals surface area contributed by atoms with Crippen LogP contribution in [-0.2, 0) is 10.0 Å². The molecule has 0 saturated carbocycles. The van der Waals surface area contributed by atoms with Gasteiger partial charge in [0.05, 0.1) is 11.7 Å². The Morgan fingerprint density at radius 1 is 1.40 bits per heavy atom. The maximum Gasteiger partial charge on any atom is 0.245 e. The summed E-state index contributed by atoms with van der Waals surface area (Å²) in [6.45, 7) is 3.74. The first-order chi connectivity index (χ1) is 9.10. The number of aromatic nitrogens is 2. The molecular weight excluding hydrogens is 320 g/mol. The summed E-state index contributed by atoms with van der Waals surface area (Å²) in [5.41, 5.74) is 1.10. The molecule has 0 bridgehead atoms. The quantitative estimate of drug-likeness (QED) is 0.890. The van der Waals surface area contributed by atoms with E-state index in [1.165, 1.54) is 4.31 Å². The highest BCUT2D eigenvalue weighted by molar-refractivity contribution is 7.89. The van der Waals surface area contributed by atoms with Crippen LogP contribution in [0.5, 0.6) is 0 Å². The monoisotopic (exact) mass is 334 g/mol. The molecule has 1 atom stereocenters. The molecule has 0 aliphatic carbocycles. The SMILES string of the molecule is CC1CNCCN1S(=O)(=O)c1cccc2nsnc12.Cl. The van der Waals surface area contributed by atoms with Gasteiger partial charge >= 0.3 is 0 Å². The smallest absolute Gasteiger partial charge is 0.245 e. The third kappa shape index (κ3) is 2.53. The minimum Gasteiger partial charge on any atom is -0.314 e. The van der Waals surface area contributed by atoms with E-state index in [9.17, 15) is 8.42 Å². The number of rotatable bonds is 2. The molecule has 6 nitrogen and oxygen atoms in total. The summed E-state index contributed by atoms with van der Waals surface area (Å²) in [6, 6.07) is 5.04. The van der Waals surface area contributed by atoms with Gasteiger partial charge in [-0.2, -0.15) is 13.1 Å². The van der Waals surface area contributed by atoms with Crippen molar-refractivity contribution in [3.63, 3.8) is 0 Å². The molecule has 1 saturated heterocycles. The van der Waals surface area contributed by atoms with Crippen LogP contribution in [-0.4, -0.2) is 47.1 Å². The topological polar surface area (TPSA) is 75.2 Å². The van der Waals surface area contributed by atoms with Crippen molar-refractivity contribution in [1.82, 2.24) is 18.4 Å². The van der Waals surface area contributed by atoms with Crippen molar-refractivity contribution < 1.29 is 8.42 Å². The zero-order valence-electron chi connectivity index (χ0n) is 10.8. The summed E-state index contributed by atoms with van der Waals surface area (Å²) >= 11 is 1.04. The first-order valence-electron chi connectivity index (χ1n) is 6.04. The van der Waals surface area contributed by atoms with Gasteiger partial charge < -0.3 is 5.32 Å². The van der Waals surface area contributed by atoms with Gasteiger partial charge in [-0.1, -0.05) is 6.07 Å². The lowest BCUT2D eigenvalue weighted by molar-refractivity contribution is 0.284. The van der Waals surface area contributed by atoms with Crippen LogP contribution >= 0.6 is 24.1 Å². The Morgan fingerprint density at radius 2 is 2.20 bits per heavy atom. The highest BCUT2D eigenvalue weighted by atomic mass is 35.5. The molecule has 0 radical (unpaired) electrons. The Kier molecular flexibility index (Phi) is 4.60. The Bertz CT molecular complexity index is 703. The maximum atomic E-state index is 12.7. The molecular formula is C11H15ClN4O2S2. The first-order valence-corrected chi connectivity index (χ1v) is 8.21. The van der Waals surface area contributed by atoms with Gasteiger partial charge in [-0.15, -0.1) is 12.4 Å². The number of hydrogen-bond donors (Lipinski definition) is 1. The normalized spacial score (nSPS) is 20.8. The van der Waals surface area contributed by atoms with Crippen LogP contribution in [0.15, 0.2) is 23.1 Å². The van der Waals surface area contributed by atoms with Gasteiger partial charge in [-0.25, -0.2) is 8.42 Å². The summed E-state index contributed by atoms with van der Waals surface area (Å²) in [5.74, 6) is 0. The summed E-state index contributed by atoms with van der Waals surface area (Å²) in [5, 5.41) is 3.19. The minimum absolute atomic E-state index is 0. The van der Waals surface area contributed by atoms with Gasteiger partial charge in [0.15, 0.2) is 0 Å². The van der Waals surface area contributed by atoms with Gasteiger partial charge in [0, 0.05) is 25.7 Å². The van der Waals surface area contributed by atoms with E-state index in [4.69, 9.17) is 0 Å². The van der Waals surface area contributed by atoms with Crippen molar-refractivity contribution in [2.45, 2.75) is 17.9 Å². The number of benzene rings is 1. The number of hydrogen-bond acceptors (Lipinski definition) is 6. The lowest BCUT2D eigenvalue weighted by Crippen LogP contribution is -2.52. The number of fused-ring (bicyclic) bond motifs is 1. The first kappa shape index (κ1) is 15.6. The van der Waals surface area contributed by atoms with E-state index in [2.05, 4.69) is 14.1 Å².